The first kappa shape index (κ1) is 14.5. The summed E-state index contributed by atoms with van der Waals surface area (Å²) < 4.78 is 11.4. The Kier molecular flexibility index (Phi) is 3.94. The fourth-order valence-electron chi connectivity index (χ4n) is 3.12. The van der Waals surface area contributed by atoms with Crippen LogP contribution in [0.1, 0.15) is 51.3 Å². The van der Waals surface area contributed by atoms with Crippen LogP contribution >= 0.6 is 0 Å². The molecule has 1 atom stereocenters. The van der Waals surface area contributed by atoms with Gasteiger partial charge in [0.2, 0.25) is 0 Å². The molecule has 0 radical (unpaired) electrons. The average molecular weight is 287 g/mol. The van der Waals surface area contributed by atoms with Crippen LogP contribution in [0.5, 0.6) is 5.75 Å². The normalized spacial score (nSPS) is 17.9. The molecule has 1 saturated carbocycles. The van der Waals surface area contributed by atoms with Crippen LogP contribution in [0.2, 0.25) is 0 Å². The Morgan fingerprint density at radius 2 is 2.19 bits per heavy atom. The van der Waals surface area contributed by atoms with E-state index in [1.807, 2.05) is 12.1 Å². The highest BCUT2D eigenvalue weighted by molar-refractivity contribution is 5.83. The number of methoxy groups -OCH3 is 1. The molecule has 1 heterocycles. The van der Waals surface area contributed by atoms with Gasteiger partial charge in [0.25, 0.3) is 0 Å². The van der Waals surface area contributed by atoms with E-state index in [1.165, 1.54) is 25.7 Å². The Morgan fingerprint density at radius 1 is 1.38 bits per heavy atom. The van der Waals surface area contributed by atoms with Crippen molar-refractivity contribution in [2.24, 2.45) is 5.41 Å². The summed E-state index contributed by atoms with van der Waals surface area (Å²) in [6.07, 6.45) is 5.35. The predicted octanol–water partition coefficient (Wildman–Crippen LogP) is 4.67. The molecule has 0 saturated heterocycles. The quantitative estimate of drug-likeness (QED) is 0.803. The lowest BCUT2D eigenvalue weighted by molar-refractivity contribution is 0.367. The van der Waals surface area contributed by atoms with E-state index in [-0.39, 0.29) is 6.04 Å². The number of nitrogens with one attached hydrogen (secondary N) is 1. The Bertz CT molecular complexity index is 613. The maximum absolute atomic E-state index is 6.01. The molecule has 114 valence electrons. The maximum Gasteiger partial charge on any atom is 0.176 e. The van der Waals surface area contributed by atoms with Crippen molar-refractivity contribution >= 4 is 11.0 Å². The molecule has 0 amide bonds. The van der Waals surface area contributed by atoms with Crippen molar-refractivity contribution < 1.29 is 9.15 Å². The van der Waals surface area contributed by atoms with E-state index in [0.29, 0.717) is 5.41 Å². The molecular weight excluding hydrogens is 262 g/mol. The van der Waals surface area contributed by atoms with Gasteiger partial charge < -0.3 is 14.5 Å². The van der Waals surface area contributed by atoms with Gasteiger partial charge in [-0.2, -0.15) is 0 Å². The summed E-state index contributed by atoms with van der Waals surface area (Å²) in [4.78, 5) is 0. The van der Waals surface area contributed by atoms with Crippen LogP contribution in [0.15, 0.2) is 28.7 Å². The first-order valence-electron chi connectivity index (χ1n) is 7.97. The van der Waals surface area contributed by atoms with Gasteiger partial charge in [-0.15, -0.1) is 0 Å². The van der Waals surface area contributed by atoms with Gasteiger partial charge in [-0.3, -0.25) is 0 Å². The minimum absolute atomic E-state index is 0.233. The van der Waals surface area contributed by atoms with Gasteiger partial charge >= 0.3 is 0 Å². The molecule has 1 unspecified atom stereocenters. The van der Waals surface area contributed by atoms with Crippen molar-refractivity contribution in [3.8, 4) is 5.75 Å². The highest BCUT2D eigenvalue weighted by Gasteiger charge is 2.41. The van der Waals surface area contributed by atoms with Crippen LogP contribution in [0.4, 0.5) is 0 Å². The molecule has 0 bridgehead atoms. The maximum atomic E-state index is 6.01. The molecule has 1 aromatic heterocycles. The Labute approximate surface area is 126 Å². The molecule has 1 aliphatic rings. The number of rotatable bonds is 7. The summed E-state index contributed by atoms with van der Waals surface area (Å²) in [7, 11) is 1.68. The van der Waals surface area contributed by atoms with Crippen molar-refractivity contribution in [2.45, 2.75) is 45.6 Å². The second-order valence-corrected chi connectivity index (χ2v) is 6.38. The van der Waals surface area contributed by atoms with E-state index in [1.54, 1.807) is 7.11 Å². The fraction of sp³-hybridized carbons (Fsp3) is 0.556. The number of hydrogen-bond donors (Lipinski definition) is 1. The van der Waals surface area contributed by atoms with Gasteiger partial charge in [0.15, 0.2) is 11.3 Å². The van der Waals surface area contributed by atoms with Crippen molar-refractivity contribution in [2.75, 3.05) is 13.7 Å². The van der Waals surface area contributed by atoms with E-state index in [9.17, 15) is 0 Å². The standard InChI is InChI=1S/C18H25NO2/c1-4-8-18(9-10-18)12-19-13(2)16-11-14-6-5-7-15(20-3)17(14)21-16/h5-7,11,13,19H,4,8-10,12H2,1-3H3. The van der Waals surface area contributed by atoms with Gasteiger partial charge in [-0.25, -0.2) is 0 Å². The highest BCUT2D eigenvalue weighted by atomic mass is 16.5. The summed E-state index contributed by atoms with van der Waals surface area (Å²) in [5.41, 5.74) is 1.41. The van der Waals surface area contributed by atoms with Crippen molar-refractivity contribution in [1.29, 1.82) is 0 Å². The third-order valence-electron chi connectivity index (χ3n) is 4.69. The van der Waals surface area contributed by atoms with Gasteiger partial charge in [0, 0.05) is 11.9 Å². The zero-order valence-corrected chi connectivity index (χ0v) is 13.2. The van der Waals surface area contributed by atoms with Crippen LogP contribution in [-0.4, -0.2) is 13.7 Å². The number of hydrogen-bond acceptors (Lipinski definition) is 3. The number of benzene rings is 1. The second-order valence-electron chi connectivity index (χ2n) is 6.38. The summed E-state index contributed by atoms with van der Waals surface area (Å²) in [6.45, 7) is 5.54. The Hall–Kier alpha value is -1.48. The fourth-order valence-corrected chi connectivity index (χ4v) is 3.12. The van der Waals surface area contributed by atoms with Crippen LogP contribution < -0.4 is 10.1 Å². The van der Waals surface area contributed by atoms with Crippen LogP contribution in [-0.2, 0) is 0 Å². The molecule has 1 fully saturated rings. The third-order valence-corrected chi connectivity index (χ3v) is 4.69. The molecule has 3 heteroatoms. The number of para-hydroxylation sites is 1. The average Bonchev–Trinajstić information content (AvgIpc) is 3.11. The molecule has 1 aliphatic carbocycles. The van der Waals surface area contributed by atoms with E-state index in [4.69, 9.17) is 9.15 Å². The zero-order chi connectivity index (χ0) is 14.9. The van der Waals surface area contributed by atoms with Crippen molar-refractivity contribution in [1.82, 2.24) is 5.32 Å². The van der Waals surface area contributed by atoms with Crippen LogP contribution in [0, 0.1) is 5.41 Å². The predicted molar refractivity (Wildman–Crippen MR) is 85.8 cm³/mol. The lowest BCUT2D eigenvalue weighted by Crippen LogP contribution is -2.26. The molecule has 3 nitrogen and oxygen atoms in total. The molecule has 1 N–H and O–H groups in total. The smallest absolute Gasteiger partial charge is 0.176 e. The summed E-state index contributed by atoms with van der Waals surface area (Å²) in [5, 5.41) is 4.75. The lowest BCUT2D eigenvalue weighted by atomic mass is 10.0. The SMILES string of the molecule is CCCC1(CNC(C)c2cc3cccc(OC)c3o2)CC1. The third kappa shape index (κ3) is 2.93. The molecular formula is C18H25NO2. The van der Waals surface area contributed by atoms with Gasteiger partial charge in [-0.05, 0) is 43.7 Å². The Morgan fingerprint density at radius 3 is 2.86 bits per heavy atom. The molecule has 21 heavy (non-hydrogen) atoms. The number of furan rings is 1. The Balaban J connectivity index is 1.71. The minimum Gasteiger partial charge on any atom is -0.493 e. The largest absolute Gasteiger partial charge is 0.493 e. The first-order chi connectivity index (χ1) is 10.2. The molecule has 2 aromatic rings. The van der Waals surface area contributed by atoms with E-state index in [2.05, 4.69) is 31.3 Å². The second kappa shape index (κ2) is 5.72. The van der Waals surface area contributed by atoms with Gasteiger partial charge in [0.05, 0.1) is 13.2 Å². The van der Waals surface area contributed by atoms with Gasteiger partial charge in [0.1, 0.15) is 5.76 Å². The van der Waals surface area contributed by atoms with Gasteiger partial charge in [-0.1, -0.05) is 25.5 Å². The van der Waals surface area contributed by atoms with E-state index >= 15 is 0 Å². The van der Waals surface area contributed by atoms with Crippen molar-refractivity contribution in [3.63, 3.8) is 0 Å². The molecule has 0 spiro atoms. The summed E-state index contributed by atoms with van der Waals surface area (Å²) in [5.74, 6) is 1.79. The first-order valence-corrected chi connectivity index (χ1v) is 7.97. The summed E-state index contributed by atoms with van der Waals surface area (Å²) in [6, 6.07) is 8.36. The summed E-state index contributed by atoms with van der Waals surface area (Å²) >= 11 is 0. The zero-order valence-electron chi connectivity index (χ0n) is 13.2. The van der Waals surface area contributed by atoms with Crippen LogP contribution in [0.3, 0.4) is 0 Å². The van der Waals surface area contributed by atoms with E-state index < -0.39 is 0 Å². The molecule has 1 aromatic carbocycles. The van der Waals surface area contributed by atoms with E-state index in [0.717, 1.165) is 29.0 Å². The highest BCUT2D eigenvalue weighted by Crippen LogP contribution is 2.49. The molecule has 0 aliphatic heterocycles. The molecule has 3 rings (SSSR count). The monoisotopic (exact) mass is 287 g/mol. The van der Waals surface area contributed by atoms with Crippen molar-refractivity contribution in [3.05, 3.63) is 30.0 Å². The minimum atomic E-state index is 0.233. The van der Waals surface area contributed by atoms with Crippen LogP contribution in [0.25, 0.3) is 11.0 Å². The number of fused-ring (bicyclic) bond motifs is 1. The number of ether oxygens (including phenoxy) is 1. The lowest BCUT2D eigenvalue weighted by Gasteiger charge is -2.18. The topological polar surface area (TPSA) is 34.4 Å².